The molecule has 2 rings (SSSR count). The van der Waals surface area contributed by atoms with Gasteiger partial charge < -0.3 is 10.2 Å². The highest BCUT2D eigenvalue weighted by Crippen LogP contribution is 2.17. The minimum atomic E-state index is 0.0905. The Hall–Kier alpha value is -1.32. The molecule has 3 nitrogen and oxygen atoms in total. The Bertz CT molecular complexity index is 456. The van der Waals surface area contributed by atoms with E-state index < -0.39 is 0 Å². The summed E-state index contributed by atoms with van der Waals surface area (Å²) in [5, 5.41) is 3.85. The number of nitrogens with zero attached hydrogens (tertiary/aromatic N) is 1. The third-order valence-electron chi connectivity index (χ3n) is 3.39. The summed E-state index contributed by atoms with van der Waals surface area (Å²) < 4.78 is 0. The lowest BCUT2D eigenvalue weighted by atomic mass is 10.2. The highest BCUT2D eigenvalue weighted by atomic mass is 35.5. The van der Waals surface area contributed by atoms with Gasteiger partial charge in [0.15, 0.2) is 0 Å². The van der Waals surface area contributed by atoms with Gasteiger partial charge in [-0.2, -0.15) is 0 Å². The minimum absolute atomic E-state index is 0.0905. The molecule has 1 amide bonds. The second kappa shape index (κ2) is 6.73. The quantitative estimate of drug-likeness (QED) is 0.859. The first-order chi connectivity index (χ1) is 9.20. The zero-order chi connectivity index (χ0) is 13.7. The lowest BCUT2D eigenvalue weighted by Crippen LogP contribution is -2.39. The summed E-state index contributed by atoms with van der Waals surface area (Å²) in [7, 11) is 1.92. The summed E-state index contributed by atoms with van der Waals surface area (Å²) in [5.74, 6) is 0.0905. The van der Waals surface area contributed by atoms with Crippen molar-refractivity contribution in [2.75, 3.05) is 20.1 Å². The van der Waals surface area contributed by atoms with Crippen molar-refractivity contribution >= 4 is 23.6 Å². The second-order valence-corrected chi connectivity index (χ2v) is 5.21. The van der Waals surface area contributed by atoms with Gasteiger partial charge in [-0.25, -0.2) is 0 Å². The fourth-order valence-electron chi connectivity index (χ4n) is 2.41. The van der Waals surface area contributed by atoms with Gasteiger partial charge in [0.25, 0.3) is 0 Å². The number of amides is 1. The fourth-order valence-corrected chi connectivity index (χ4v) is 2.54. The zero-order valence-electron chi connectivity index (χ0n) is 11.1. The molecule has 19 heavy (non-hydrogen) atoms. The molecule has 1 N–H and O–H groups in total. The largest absolute Gasteiger partial charge is 0.335 e. The van der Waals surface area contributed by atoms with Crippen molar-refractivity contribution in [1.29, 1.82) is 0 Å². The molecule has 1 aliphatic rings. The number of halogens is 1. The number of hydrogen-bond acceptors (Lipinski definition) is 2. The van der Waals surface area contributed by atoms with Gasteiger partial charge in [0.05, 0.1) is 0 Å². The van der Waals surface area contributed by atoms with Gasteiger partial charge in [0.1, 0.15) is 0 Å². The number of benzene rings is 1. The molecular formula is C15H19ClN2O. The summed E-state index contributed by atoms with van der Waals surface area (Å²) in [6, 6.07) is 7.78. The first kappa shape index (κ1) is 14.1. The van der Waals surface area contributed by atoms with E-state index in [4.69, 9.17) is 11.6 Å². The maximum absolute atomic E-state index is 12.2. The van der Waals surface area contributed by atoms with Crippen molar-refractivity contribution < 1.29 is 4.79 Å². The lowest BCUT2D eigenvalue weighted by Gasteiger charge is -2.23. The molecular weight excluding hydrogens is 260 g/mol. The number of carbonyl (C=O) groups excluding carboxylic acids is 1. The van der Waals surface area contributed by atoms with Crippen LogP contribution in [0, 0.1) is 0 Å². The van der Waals surface area contributed by atoms with Gasteiger partial charge in [-0.3, -0.25) is 4.79 Å². The Balaban J connectivity index is 1.98. The summed E-state index contributed by atoms with van der Waals surface area (Å²) in [6.45, 7) is 1.72. The third kappa shape index (κ3) is 3.82. The lowest BCUT2D eigenvalue weighted by molar-refractivity contribution is -0.126. The number of rotatable bonds is 4. The van der Waals surface area contributed by atoms with Crippen molar-refractivity contribution in [3.05, 3.63) is 40.9 Å². The normalized spacial score (nSPS) is 19.3. The first-order valence-electron chi connectivity index (χ1n) is 6.59. The van der Waals surface area contributed by atoms with Crippen LogP contribution in [0.2, 0.25) is 5.02 Å². The monoisotopic (exact) mass is 278 g/mol. The Morgan fingerprint density at radius 1 is 1.47 bits per heavy atom. The van der Waals surface area contributed by atoms with Gasteiger partial charge in [0.2, 0.25) is 5.91 Å². The Kier molecular flexibility index (Phi) is 5.00. The maximum atomic E-state index is 12.2. The third-order valence-corrected chi connectivity index (χ3v) is 3.64. The van der Waals surface area contributed by atoms with Gasteiger partial charge in [-0.1, -0.05) is 23.7 Å². The highest BCUT2D eigenvalue weighted by molar-refractivity contribution is 6.30. The molecule has 0 aromatic heterocycles. The van der Waals surface area contributed by atoms with E-state index in [1.165, 1.54) is 0 Å². The van der Waals surface area contributed by atoms with Crippen LogP contribution >= 0.6 is 11.6 Å². The number of nitrogens with one attached hydrogen (secondary N) is 1. The van der Waals surface area contributed by atoms with E-state index in [9.17, 15) is 4.79 Å². The fraction of sp³-hybridized carbons (Fsp3) is 0.400. The number of carbonyl (C=O) groups is 1. The van der Waals surface area contributed by atoms with E-state index in [0.29, 0.717) is 11.1 Å². The van der Waals surface area contributed by atoms with Gasteiger partial charge in [-0.15, -0.1) is 0 Å². The molecule has 0 radical (unpaired) electrons. The van der Waals surface area contributed by atoms with Gasteiger partial charge >= 0.3 is 0 Å². The first-order valence-corrected chi connectivity index (χ1v) is 6.97. The van der Waals surface area contributed by atoms with E-state index in [1.54, 1.807) is 6.08 Å². The van der Waals surface area contributed by atoms with Crippen LogP contribution in [-0.2, 0) is 4.79 Å². The molecule has 0 aliphatic carbocycles. The van der Waals surface area contributed by atoms with Crippen LogP contribution in [0.25, 0.3) is 6.08 Å². The van der Waals surface area contributed by atoms with Crippen molar-refractivity contribution in [3.8, 4) is 0 Å². The smallest absolute Gasteiger partial charge is 0.246 e. The van der Waals surface area contributed by atoms with Gasteiger partial charge in [0, 0.05) is 30.2 Å². The highest BCUT2D eigenvalue weighted by Gasteiger charge is 2.26. The molecule has 1 aliphatic heterocycles. The molecule has 0 spiro atoms. The molecule has 1 fully saturated rings. The number of likely N-dealkylation sites (tertiary alicyclic amines) is 1. The predicted molar refractivity (Wildman–Crippen MR) is 79.1 cm³/mol. The van der Waals surface area contributed by atoms with Crippen LogP contribution < -0.4 is 5.32 Å². The summed E-state index contributed by atoms with van der Waals surface area (Å²) in [4.78, 5) is 14.1. The van der Waals surface area contributed by atoms with Crippen molar-refractivity contribution in [2.45, 2.75) is 18.9 Å². The predicted octanol–water partition coefficient (Wildman–Crippen LogP) is 2.56. The van der Waals surface area contributed by atoms with E-state index >= 15 is 0 Å². The van der Waals surface area contributed by atoms with Crippen LogP contribution in [0.3, 0.4) is 0 Å². The average molecular weight is 279 g/mol. The molecule has 4 heteroatoms. The molecule has 1 aromatic rings. The standard InChI is InChI=1S/C15H19ClN2O/c1-17-11-14-3-2-10-18(14)15(19)9-6-12-4-7-13(16)8-5-12/h4-9,14,17H,2-3,10-11H2,1H3. The van der Waals surface area contributed by atoms with Crippen LogP contribution in [-0.4, -0.2) is 37.0 Å². The molecule has 1 heterocycles. The van der Waals surface area contributed by atoms with Crippen LogP contribution in [0.1, 0.15) is 18.4 Å². The van der Waals surface area contributed by atoms with E-state index in [-0.39, 0.29) is 5.91 Å². The SMILES string of the molecule is CNCC1CCCN1C(=O)C=Cc1ccc(Cl)cc1. The zero-order valence-corrected chi connectivity index (χ0v) is 11.9. The summed E-state index contributed by atoms with van der Waals surface area (Å²) >= 11 is 5.83. The molecule has 1 aromatic carbocycles. The Morgan fingerprint density at radius 3 is 2.89 bits per heavy atom. The van der Waals surface area contributed by atoms with Crippen LogP contribution in [0.4, 0.5) is 0 Å². The maximum Gasteiger partial charge on any atom is 0.246 e. The van der Waals surface area contributed by atoms with Crippen LogP contribution in [0.15, 0.2) is 30.3 Å². The van der Waals surface area contributed by atoms with Crippen molar-refractivity contribution in [1.82, 2.24) is 10.2 Å². The van der Waals surface area contributed by atoms with Gasteiger partial charge in [-0.05, 0) is 43.7 Å². The average Bonchev–Trinajstić information content (AvgIpc) is 2.86. The minimum Gasteiger partial charge on any atom is -0.335 e. The molecule has 0 bridgehead atoms. The van der Waals surface area contributed by atoms with E-state index in [2.05, 4.69) is 5.32 Å². The number of likely N-dealkylation sites (N-methyl/N-ethyl adjacent to an activating group) is 1. The molecule has 1 saturated heterocycles. The number of hydrogen-bond donors (Lipinski definition) is 1. The van der Waals surface area contributed by atoms with Crippen molar-refractivity contribution in [2.24, 2.45) is 0 Å². The van der Waals surface area contributed by atoms with E-state index in [1.807, 2.05) is 42.3 Å². The molecule has 0 saturated carbocycles. The summed E-state index contributed by atoms with van der Waals surface area (Å²) in [5.41, 5.74) is 0.988. The molecule has 1 atom stereocenters. The van der Waals surface area contributed by atoms with Crippen LogP contribution in [0.5, 0.6) is 0 Å². The summed E-state index contributed by atoms with van der Waals surface area (Å²) in [6.07, 6.45) is 5.67. The molecule has 102 valence electrons. The second-order valence-electron chi connectivity index (χ2n) is 4.77. The Labute approximate surface area is 119 Å². The van der Waals surface area contributed by atoms with E-state index in [0.717, 1.165) is 31.5 Å². The molecule has 1 unspecified atom stereocenters. The van der Waals surface area contributed by atoms with Crippen molar-refractivity contribution in [3.63, 3.8) is 0 Å². The topological polar surface area (TPSA) is 32.3 Å². The Morgan fingerprint density at radius 2 is 2.21 bits per heavy atom.